The van der Waals surface area contributed by atoms with Gasteiger partial charge in [0.2, 0.25) is 0 Å². The molecule has 1 atom stereocenters. The molecule has 0 aliphatic carbocycles. The number of unbranched alkanes of at least 4 members (excludes halogenated alkanes) is 1. The minimum atomic E-state index is -0.351. The fourth-order valence-corrected chi connectivity index (χ4v) is 3.64. The van der Waals surface area contributed by atoms with E-state index in [2.05, 4.69) is 27.8 Å². The molecule has 0 spiro atoms. The molecule has 1 aromatic carbocycles. The Hall–Kier alpha value is -1.67. The highest BCUT2D eigenvalue weighted by Crippen LogP contribution is 2.28. The highest BCUT2D eigenvalue weighted by atomic mass is 79.9. The fraction of sp³-hybridized carbons (Fsp3) is 0.611. The van der Waals surface area contributed by atoms with Gasteiger partial charge in [-0.3, -0.25) is 15.0 Å². The summed E-state index contributed by atoms with van der Waals surface area (Å²) in [5.74, 6) is 0. The first-order chi connectivity index (χ1) is 12.3. The molecule has 2 rings (SSSR count). The first-order valence-electron chi connectivity index (χ1n) is 8.92. The SMILES string of the molecule is CCCCOC(=O)N1CCN(Cc2cc(Br)cc([N+](=O)[O-])c2C)CC1C. The van der Waals surface area contributed by atoms with Gasteiger partial charge in [0.1, 0.15) is 0 Å². The summed E-state index contributed by atoms with van der Waals surface area (Å²) in [5.41, 5.74) is 1.74. The van der Waals surface area contributed by atoms with Crippen molar-refractivity contribution in [3.63, 3.8) is 0 Å². The van der Waals surface area contributed by atoms with Crippen LogP contribution in [0.5, 0.6) is 0 Å². The van der Waals surface area contributed by atoms with Crippen LogP contribution in [0.3, 0.4) is 0 Å². The van der Waals surface area contributed by atoms with Gasteiger partial charge in [-0.05, 0) is 31.9 Å². The molecule has 1 aliphatic heterocycles. The van der Waals surface area contributed by atoms with Crippen LogP contribution in [0.15, 0.2) is 16.6 Å². The van der Waals surface area contributed by atoms with Crippen molar-refractivity contribution < 1.29 is 14.5 Å². The lowest BCUT2D eigenvalue weighted by Crippen LogP contribution is -2.53. The largest absolute Gasteiger partial charge is 0.449 e. The van der Waals surface area contributed by atoms with Gasteiger partial charge in [-0.15, -0.1) is 0 Å². The van der Waals surface area contributed by atoms with Gasteiger partial charge >= 0.3 is 6.09 Å². The molecular weight excluding hydrogens is 402 g/mol. The molecular formula is C18H26BrN3O4. The van der Waals surface area contributed by atoms with Crippen molar-refractivity contribution in [3.8, 4) is 0 Å². The van der Waals surface area contributed by atoms with Crippen molar-refractivity contribution in [2.75, 3.05) is 26.2 Å². The Balaban J connectivity index is 2.00. The van der Waals surface area contributed by atoms with E-state index >= 15 is 0 Å². The summed E-state index contributed by atoms with van der Waals surface area (Å²) in [7, 11) is 0. The zero-order valence-electron chi connectivity index (χ0n) is 15.5. The molecule has 1 unspecified atom stereocenters. The molecule has 0 aromatic heterocycles. The second kappa shape index (κ2) is 9.32. The number of rotatable bonds is 6. The Morgan fingerprint density at radius 3 is 2.77 bits per heavy atom. The first-order valence-corrected chi connectivity index (χ1v) is 9.72. The molecule has 7 nitrogen and oxygen atoms in total. The van der Waals surface area contributed by atoms with Gasteiger partial charge in [-0.1, -0.05) is 29.3 Å². The molecule has 144 valence electrons. The molecule has 1 amide bonds. The number of halogens is 1. The lowest BCUT2D eigenvalue weighted by Gasteiger charge is -2.39. The van der Waals surface area contributed by atoms with Gasteiger partial charge in [0.05, 0.1) is 11.5 Å². The zero-order chi connectivity index (χ0) is 19.3. The van der Waals surface area contributed by atoms with Crippen LogP contribution in [0.4, 0.5) is 10.5 Å². The minimum Gasteiger partial charge on any atom is -0.449 e. The Morgan fingerprint density at radius 2 is 2.15 bits per heavy atom. The van der Waals surface area contributed by atoms with Crippen LogP contribution in [0.25, 0.3) is 0 Å². The highest BCUT2D eigenvalue weighted by molar-refractivity contribution is 9.10. The maximum Gasteiger partial charge on any atom is 0.410 e. The summed E-state index contributed by atoms with van der Waals surface area (Å²) < 4.78 is 6.01. The molecule has 0 saturated carbocycles. The van der Waals surface area contributed by atoms with Crippen LogP contribution in [-0.2, 0) is 11.3 Å². The van der Waals surface area contributed by atoms with Crippen molar-refractivity contribution >= 4 is 27.7 Å². The Morgan fingerprint density at radius 1 is 1.42 bits per heavy atom. The van der Waals surface area contributed by atoms with E-state index in [0.717, 1.165) is 18.4 Å². The highest BCUT2D eigenvalue weighted by Gasteiger charge is 2.29. The Kier molecular flexibility index (Phi) is 7.40. The quantitative estimate of drug-likeness (QED) is 0.387. The summed E-state index contributed by atoms with van der Waals surface area (Å²) in [5, 5.41) is 11.2. The number of ether oxygens (including phenoxy) is 1. The predicted molar refractivity (Wildman–Crippen MR) is 103 cm³/mol. The Labute approximate surface area is 162 Å². The number of hydrogen-bond acceptors (Lipinski definition) is 5. The molecule has 1 saturated heterocycles. The van der Waals surface area contributed by atoms with E-state index in [0.29, 0.717) is 42.8 Å². The van der Waals surface area contributed by atoms with Crippen molar-refractivity contribution in [2.24, 2.45) is 0 Å². The van der Waals surface area contributed by atoms with Crippen molar-refractivity contribution in [3.05, 3.63) is 37.8 Å². The van der Waals surface area contributed by atoms with E-state index in [1.54, 1.807) is 11.8 Å². The standard InChI is InChI=1S/C18H26BrN3O4/c1-4-5-8-26-18(23)21-7-6-20(11-13(21)2)12-15-9-16(19)10-17(14(15)3)22(24)25/h9-10,13H,4-8,11-12H2,1-3H3. The van der Waals surface area contributed by atoms with Crippen molar-refractivity contribution in [1.82, 2.24) is 9.80 Å². The number of nitrogens with zero attached hydrogens (tertiary/aromatic N) is 3. The van der Waals surface area contributed by atoms with E-state index in [4.69, 9.17) is 4.74 Å². The number of hydrogen-bond donors (Lipinski definition) is 0. The molecule has 8 heteroatoms. The normalized spacial score (nSPS) is 18.0. The average molecular weight is 428 g/mol. The third-order valence-electron chi connectivity index (χ3n) is 4.71. The smallest absolute Gasteiger partial charge is 0.410 e. The second-order valence-electron chi connectivity index (χ2n) is 6.71. The topological polar surface area (TPSA) is 75.9 Å². The third kappa shape index (κ3) is 5.17. The van der Waals surface area contributed by atoms with Crippen LogP contribution in [0.2, 0.25) is 0 Å². The van der Waals surface area contributed by atoms with Crippen LogP contribution in [-0.4, -0.2) is 53.1 Å². The van der Waals surface area contributed by atoms with Gasteiger partial charge in [0.25, 0.3) is 5.69 Å². The van der Waals surface area contributed by atoms with Crippen LogP contribution in [0.1, 0.15) is 37.8 Å². The van der Waals surface area contributed by atoms with Crippen molar-refractivity contribution in [1.29, 1.82) is 0 Å². The number of amides is 1. The van der Waals surface area contributed by atoms with Gasteiger partial charge in [-0.25, -0.2) is 4.79 Å². The molecule has 1 fully saturated rings. The number of carbonyl (C=O) groups is 1. The lowest BCUT2D eigenvalue weighted by molar-refractivity contribution is -0.385. The summed E-state index contributed by atoms with van der Waals surface area (Å²) >= 11 is 3.36. The third-order valence-corrected chi connectivity index (χ3v) is 5.17. The van der Waals surface area contributed by atoms with Crippen LogP contribution < -0.4 is 0 Å². The van der Waals surface area contributed by atoms with Crippen LogP contribution in [0, 0.1) is 17.0 Å². The van der Waals surface area contributed by atoms with Crippen LogP contribution >= 0.6 is 15.9 Å². The predicted octanol–water partition coefficient (Wildman–Crippen LogP) is 4.11. The molecule has 1 aromatic rings. The number of benzene rings is 1. The summed E-state index contributed by atoms with van der Waals surface area (Å²) in [6, 6.07) is 3.50. The molecule has 0 N–H and O–H groups in total. The van der Waals surface area contributed by atoms with Gasteiger partial charge in [0.15, 0.2) is 0 Å². The number of piperazine rings is 1. The minimum absolute atomic E-state index is 0.0420. The molecule has 1 heterocycles. The van der Waals surface area contributed by atoms with Crippen molar-refractivity contribution in [2.45, 2.75) is 46.2 Å². The van der Waals surface area contributed by atoms with E-state index in [1.807, 2.05) is 13.0 Å². The van der Waals surface area contributed by atoms with Gasteiger partial charge < -0.3 is 9.64 Å². The zero-order valence-corrected chi connectivity index (χ0v) is 17.1. The molecule has 1 aliphatic rings. The number of nitro groups is 1. The van der Waals surface area contributed by atoms with E-state index < -0.39 is 0 Å². The summed E-state index contributed by atoms with van der Waals surface area (Å²) in [6.45, 7) is 8.95. The average Bonchev–Trinajstić information content (AvgIpc) is 2.57. The molecule has 0 radical (unpaired) electrons. The maximum atomic E-state index is 12.2. The number of nitro benzene ring substituents is 1. The van der Waals surface area contributed by atoms with E-state index in [9.17, 15) is 14.9 Å². The summed E-state index contributed by atoms with van der Waals surface area (Å²) in [4.78, 5) is 27.0. The van der Waals surface area contributed by atoms with Gasteiger partial charge in [0, 0.05) is 48.3 Å². The lowest BCUT2D eigenvalue weighted by atomic mass is 10.1. The maximum absolute atomic E-state index is 12.2. The second-order valence-corrected chi connectivity index (χ2v) is 7.63. The molecule has 26 heavy (non-hydrogen) atoms. The Bertz CT molecular complexity index is 668. The fourth-order valence-electron chi connectivity index (χ4n) is 3.15. The number of carbonyl (C=O) groups excluding carboxylic acids is 1. The van der Waals surface area contributed by atoms with E-state index in [1.165, 1.54) is 6.07 Å². The molecule has 0 bridgehead atoms. The summed E-state index contributed by atoms with van der Waals surface area (Å²) in [6.07, 6.45) is 1.62. The van der Waals surface area contributed by atoms with E-state index in [-0.39, 0.29) is 22.7 Å². The van der Waals surface area contributed by atoms with Gasteiger partial charge in [-0.2, -0.15) is 0 Å². The monoisotopic (exact) mass is 427 g/mol. The first kappa shape index (κ1) is 20.6.